The smallest absolute Gasteiger partial charge is 0.348 e. The molecule has 4 aromatic rings. The first-order valence-electron chi connectivity index (χ1n) is 13.3. The van der Waals surface area contributed by atoms with E-state index in [4.69, 9.17) is 9.47 Å². The summed E-state index contributed by atoms with van der Waals surface area (Å²) in [5, 5.41) is 62.0. The zero-order valence-electron chi connectivity index (χ0n) is 23.2. The maximum Gasteiger partial charge on any atom is 0.348 e. The number of carbonyl (C=O) groups is 4. The standard InChI is InChI=1S/C34H20O12/c35-19-10-6-16(7-11-19)24(31(39)40)29-27(37)23(33(43)45-29)18-5-4-15-2-1-3-21(22(15)14-18)26-28(38)30(46-34(26)44)25(32(41)42)17-8-12-20(36)13-9-17/h1-14,35-38H,(H,39,40)(H,41,42)/b29-24+,30-25+. The highest BCUT2D eigenvalue weighted by atomic mass is 16.6. The van der Waals surface area contributed by atoms with Crippen LogP contribution < -0.4 is 0 Å². The topological polar surface area (TPSA) is 208 Å². The number of cyclic esters (lactones) is 2. The van der Waals surface area contributed by atoms with Gasteiger partial charge in [0.25, 0.3) is 0 Å². The van der Waals surface area contributed by atoms with Gasteiger partial charge in [0, 0.05) is 5.56 Å². The molecular weight excluding hydrogens is 600 g/mol. The number of fused-ring (bicyclic) bond motifs is 1. The van der Waals surface area contributed by atoms with Crippen molar-refractivity contribution in [1.82, 2.24) is 0 Å². The van der Waals surface area contributed by atoms with Crippen LogP contribution in [0.3, 0.4) is 0 Å². The van der Waals surface area contributed by atoms with Crippen LogP contribution in [0.15, 0.2) is 108 Å². The van der Waals surface area contributed by atoms with E-state index in [-0.39, 0.29) is 50.3 Å². The molecule has 2 aliphatic heterocycles. The Balaban J connectivity index is 1.52. The summed E-state index contributed by atoms with van der Waals surface area (Å²) < 4.78 is 10.5. The third kappa shape index (κ3) is 4.85. The fourth-order valence-electron chi connectivity index (χ4n) is 5.24. The molecule has 0 aliphatic carbocycles. The number of hydrogen-bond acceptors (Lipinski definition) is 10. The maximum atomic E-state index is 13.1. The van der Waals surface area contributed by atoms with E-state index in [1.807, 2.05) is 0 Å². The highest BCUT2D eigenvalue weighted by Gasteiger charge is 2.38. The van der Waals surface area contributed by atoms with Gasteiger partial charge in [-0.1, -0.05) is 54.6 Å². The Morgan fingerprint density at radius 1 is 0.565 bits per heavy atom. The number of hydrogen-bond donors (Lipinski definition) is 6. The van der Waals surface area contributed by atoms with Crippen molar-refractivity contribution in [3.63, 3.8) is 0 Å². The lowest BCUT2D eigenvalue weighted by atomic mass is 9.93. The van der Waals surface area contributed by atoms with E-state index in [0.717, 1.165) is 0 Å². The van der Waals surface area contributed by atoms with Crippen molar-refractivity contribution in [2.75, 3.05) is 0 Å². The van der Waals surface area contributed by atoms with E-state index in [1.54, 1.807) is 18.2 Å². The number of carboxylic acid groups (broad SMARTS) is 2. The van der Waals surface area contributed by atoms with E-state index < -0.39 is 58.1 Å². The molecule has 2 aliphatic rings. The lowest BCUT2D eigenvalue weighted by Gasteiger charge is -2.09. The van der Waals surface area contributed by atoms with Crippen LogP contribution in [0, 0.1) is 0 Å². The summed E-state index contributed by atoms with van der Waals surface area (Å²) in [5.41, 5.74) is -1.56. The Morgan fingerprint density at radius 2 is 1.04 bits per heavy atom. The summed E-state index contributed by atoms with van der Waals surface area (Å²) in [6.45, 7) is 0. The lowest BCUT2D eigenvalue weighted by molar-refractivity contribution is -0.133. The highest BCUT2D eigenvalue weighted by molar-refractivity contribution is 6.28. The van der Waals surface area contributed by atoms with Crippen molar-refractivity contribution >= 4 is 56.9 Å². The van der Waals surface area contributed by atoms with Gasteiger partial charge in [0.2, 0.25) is 0 Å². The summed E-state index contributed by atoms with van der Waals surface area (Å²) in [6.07, 6.45) is 0. The average Bonchev–Trinajstić information content (AvgIpc) is 3.47. The second kappa shape index (κ2) is 11.0. The van der Waals surface area contributed by atoms with Gasteiger partial charge in [0.1, 0.15) is 33.8 Å². The molecule has 0 bridgehead atoms. The summed E-state index contributed by atoms with van der Waals surface area (Å²) >= 11 is 0. The van der Waals surface area contributed by atoms with Crippen molar-refractivity contribution in [1.29, 1.82) is 0 Å². The van der Waals surface area contributed by atoms with Gasteiger partial charge in [-0.3, -0.25) is 0 Å². The van der Waals surface area contributed by atoms with Crippen LogP contribution in [-0.2, 0) is 28.7 Å². The first kappa shape index (κ1) is 29.3. The fourth-order valence-corrected chi connectivity index (χ4v) is 5.24. The molecule has 0 saturated carbocycles. The van der Waals surface area contributed by atoms with Crippen LogP contribution in [0.4, 0.5) is 0 Å². The number of aromatic hydroxyl groups is 2. The molecule has 12 heteroatoms. The molecule has 2 heterocycles. The number of rotatable bonds is 6. The van der Waals surface area contributed by atoms with Gasteiger partial charge >= 0.3 is 23.9 Å². The zero-order chi connectivity index (χ0) is 32.9. The third-order valence-electron chi connectivity index (χ3n) is 7.34. The van der Waals surface area contributed by atoms with Crippen LogP contribution >= 0.6 is 0 Å². The van der Waals surface area contributed by atoms with Crippen LogP contribution in [0.2, 0.25) is 0 Å². The number of phenolic OH excluding ortho intramolecular Hbond substituents is 2. The van der Waals surface area contributed by atoms with Crippen molar-refractivity contribution in [2.24, 2.45) is 0 Å². The second-order valence-electron chi connectivity index (χ2n) is 10.1. The third-order valence-corrected chi connectivity index (χ3v) is 7.34. The van der Waals surface area contributed by atoms with Crippen molar-refractivity contribution < 1.29 is 59.3 Å². The summed E-state index contributed by atoms with van der Waals surface area (Å²) in [5.74, 6) is -8.17. The minimum Gasteiger partial charge on any atom is -0.508 e. The lowest BCUT2D eigenvalue weighted by Crippen LogP contribution is -2.06. The van der Waals surface area contributed by atoms with E-state index in [9.17, 15) is 49.8 Å². The Kier molecular flexibility index (Phi) is 7.01. The molecule has 0 atom stereocenters. The molecule has 6 rings (SSSR count). The van der Waals surface area contributed by atoms with Gasteiger partial charge in [-0.05, 0) is 57.8 Å². The molecule has 0 amide bonds. The van der Waals surface area contributed by atoms with Gasteiger partial charge in [-0.25, -0.2) is 19.2 Å². The number of esters is 2. The number of phenols is 2. The Bertz CT molecular complexity index is 2150. The first-order valence-corrected chi connectivity index (χ1v) is 13.3. The molecule has 12 nitrogen and oxygen atoms in total. The summed E-state index contributed by atoms with van der Waals surface area (Å²) in [7, 11) is 0. The molecular formula is C34H20O12. The van der Waals surface area contributed by atoms with Crippen LogP contribution in [0.25, 0.3) is 33.1 Å². The molecule has 0 radical (unpaired) electrons. The fraction of sp³-hybridized carbons (Fsp3) is 0. The van der Waals surface area contributed by atoms with Gasteiger partial charge in [-0.15, -0.1) is 0 Å². The zero-order valence-corrected chi connectivity index (χ0v) is 23.2. The van der Waals surface area contributed by atoms with Crippen LogP contribution in [0.5, 0.6) is 11.5 Å². The second-order valence-corrected chi connectivity index (χ2v) is 10.1. The molecule has 0 saturated heterocycles. The first-order chi connectivity index (χ1) is 22.0. The molecule has 6 N–H and O–H groups in total. The molecule has 228 valence electrons. The van der Waals surface area contributed by atoms with Crippen molar-refractivity contribution in [3.05, 3.63) is 130 Å². The Labute approximate surface area is 257 Å². The van der Waals surface area contributed by atoms with Crippen molar-refractivity contribution in [2.45, 2.75) is 0 Å². The molecule has 0 fully saturated rings. The number of benzene rings is 4. The van der Waals surface area contributed by atoms with Gasteiger partial charge < -0.3 is 40.1 Å². The van der Waals surface area contributed by atoms with Gasteiger partial charge in [-0.2, -0.15) is 0 Å². The summed E-state index contributed by atoms with van der Waals surface area (Å²) in [4.78, 5) is 50.5. The van der Waals surface area contributed by atoms with Gasteiger partial charge in [0.15, 0.2) is 23.0 Å². The number of aliphatic hydroxyl groups excluding tert-OH is 2. The monoisotopic (exact) mass is 620 g/mol. The van der Waals surface area contributed by atoms with Crippen LogP contribution in [-0.4, -0.2) is 54.5 Å². The molecule has 46 heavy (non-hydrogen) atoms. The average molecular weight is 621 g/mol. The van der Waals surface area contributed by atoms with Gasteiger partial charge in [0.05, 0.1) is 0 Å². The number of aliphatic carboxylic acids is 2. The van der Waals surface area contributed by atoms with Crippen molar-refractivity contribution in [3.8, 4) is 11.5 Å². The van der Waals surface area contributed by atoms with E-state index in [2.05, 4.69) is 0 Å². The Morgan fingerprint density at radius 3 is 1.54 bits per heavy atom. The number of carbonyl (C=O) groups excluding carboxylic acids is 2. The predicted octanol–water partition coefficient (Wildman–Crippen LogP) is 4.89. The predicted molar refractivity (Wildman–Crippen MR) is 161 cm³/mol. The highest BCUT2D eigenvalue weighted by Crippen LogP contribution is 2.41. The molecule has 0 unspecified atom stereocenters. The summed E-state index contributed by atoms with van der Waals surface area (Å²) in [6, 6.07) is 19.1. The molecule has 0 spiro atoms. The number of ether oxygens (including phenoxy) is 2. The minimum atomic E-state index is -1.51. The maximum absolute atomic E-state index is 13.1. The quantitative estimate of drug-likeness (QED) is 0.126. The van der Waals surface area contributed by atoms with E-state index >= 15 is 0 Å². The number of aliphatic hydroxyl groups is 2. The number of carboxylic acids is 2. The van der Waals surface area contributed by atoms with E-state index in [1.165, 1.54) is 66.7 Å². The largest absolute Gasteiger partial charge is 0.508 e. The SMILES string of the molecule is O=C1O/C(=C(/C(=O)O)c2ccc(O)cc2)C(O)=C1c1ccc2cccc(C3=C(O)/C(=C(\C(=O)O)c4ccc(O)cc4)OC3=O)c2c1. The molecule has 4 aromatic carbocycles. The minimum absolute atomic E-state index is 0.0418. The normalized spacial score (nSPS) is 16.9. The van der Waals surface area contributed by atoms with E-state index in [0.29, 0.717) is 5.39 Å². The van der Waals surface area contributed by atoms with Crippen LogP contribution in [0.1, 0.15) is 22.3 Å². The molecule has 0 aromatic heterocycles. The Hall–Kier alpha value is -6.82.